The Kier molecular flexibility index (Phi) is 6.84. The number of aliphatic hydroxyl groups excluding tert-OH is 3. The van der Waals surface area contributed by atoms with Gasteiger partial charge in [-0.1, -0.05) is 13.8 Å². The van der Waals surface area contributed by atoms with E-state index in [9.17, 15) is 15.0 Å². The molecule has 1 amide bonds. The van der Waals surface area contributed by atoms with Crippen LogP contribution in [-0.2, 0) is 14.3 Å². The van der Waals surface area contributed by atoms with Crippen molar-refractivity contribution in [3.05, 3.63) is 0 Å². The summed E-state index contributed by atoms with van der Waals surface area (Å²) >= 11 is 0. The molecule has 0 saturated carbocycles. The third kappa shape index (κ3) is 4.68. The standard InChI is InChI=1S/C13H25NO6/c1-7(2)4-5-19-13-10(14-8(3)16)12(18)11(17)9(6-15)20-13/h7,9-13,15,17-18H,4-6H2,1-3H3,(H,14,16)/t9-,10+,11+,12-,13+/m0/s1. The van der Waals surface area contributed by atoms with Gasteiger partial charge in [-0.2, -0.15) is 0 Å². The molecule has 7 heteroatoms. The van der Waals surface area contributed by atoms with Crippen molar-refractivity contribution in [2.45, 2.75) is 57.8 Å². The third-order valence-corrected chi connectivity index (χ3v) is 3.23. The van der Waals surface area contributed by atoms with E-state index in [1.54, 1.807) is 0 Å². The van der Waals surface area contributed by atoms with E-state index in [0.717, 1.165) is 6.42 Å². The van der Waals surface area contributed by atoms with Crippen LogP contribution in [0.5, 0.6) is 0 Å². The lowest BCUT2D eigenvalue weighted by atomic mass is 9.97. The third-order valence-electron chi connectivity index (χ3n) is 3.23. The SMILES string of the molecule is CC(=O)N[C@H]1[C@H](OCCC(C)C)O[C@@H](CO)[C@@H](O)[C@H]1O. The average molecular weight is 291 g/mol. The van der Waals surface area contributed by atoms with Crippen LogP contribution in [0.1, 0.15) is 27.2 Å². The van der Waals surface area contributed by atoms with Gasteiger partial charge in [0.15, 0.2) is 6.29 Å². The van der Waals surface area contributed by atoms with Gasteiger partial charge >= 0.3 is 0 Å². The van der Waals surface area contributed by atoms with Crippen molar-refractivity contribution in [2.24, 2.45) is 5.92 Å². The second-order valence-electron chi connectivity index (χ2n) is 5.49. The maximum atomic E-state index is 11.2. The summed E-state index contributed by atoms with van der Waals surface area (Å²) in [7, 11) is 0. The Morgan fingerprint density at radius 3 is 2.50 bits per heavy atom. The molecular formula is C13H25NO6. The average Bonchev–Trinajstić information content (AvgIpc) is 2.36. The van der Waals surface area contributed by atoms with Crippen LogP contribution in [-0.4, -0.2) is 65.1 Å². The second kappa shape index (κ2) is 7.90. The van der Waals surface area contributed by atoms with Crippen LogP contribution in [0.15, 0.2) is 0 Å². The van der Waals surface area contributed by atoms with E-state index in [1.165, 1.54) is 6.92 Å². The lowest BCUT2D eigenvalue weighted by molar-refractivity contribution is -0.270. The maximum Gasteiger partial charge on any atom is 0.217 e. The predicted molar refractivity (Wildman–Crippen MR) is 70.8 cm³/mol. The minimum atomic E-state index is -1.28. The van der Waals surface area contributed by atoms with Gasteiger partial charge in [0.05, 0.1) is 13.2 Å². The fourth-order valence-corrected chi connectivity index (χ4v) is 2.03. The molecule has 5 atom stereocenters. The van der Waals surface area contributed by atoms with Gasteiger partial charge in [-0.25, -0.2) is 0 Å². The number of hydrogen-bond acceptors (Lipinski definition) is 6. The summed E-state index contributed by atoms with van der Waals surface area (Å²) in [6.45, 7) is 5.37. The van der Waals surface area contributed by atoms with E-state index in [1.807, 2.05) is 13.8 Å². The monoisotopic (exact) mass is 291 g/mol. The number of amides is 1. The van der Waals surface area contributed by atoms with E-state index in [2.05, 4.69) is 5.32 Å². The topological polar surface area (TPSA) is 108 Å². The van der Waals surface area contributed by atoms with Crippen LogP contribution in [0.3, 0.4) is 0 Å². The highest BCUT2D eigenvalue weighted by Crippen LogP contribution is 2.22. The van der Waals surface area contributed by atoms with E-state index in [4.69, 9.17) is 14.6 Å². The zero-order valence-electron chi connectivity index (χ0n) is 12.2. The molecule has 0 bridgehead atoms. The summed E-state index contributed by atoms with van der Waals surface area (Å²) in [4.78, 5) is 11.2. The molecule has 0 aliphatic carbocycles. The predicted octanol–water partition coefficient (Wildman–Crippen LogP) is -1.01. The van der Waals surface area contributed by atoms with Crippen LogP contribution < -0.4 is 5.32 Å². The molecule has 0 aromatic rings. The molecule has 1 fully saturated rings. The van der Waals surface area contributed by atoms with Crippen molar-refractivity contribution < 1.29 is 29.6 Å². The van der Waals surface area contributed by atoms with Crippen LogP contribution in [0.2, 0.25) is 0 Å². The molecule has 0 radical (unpaired) electrons. The molecule has 1 saturated heterocycles. The highest BCUT2D eigenvalue weighted by atomic mass is 16.7. The number of rotatable bonds is 6. The Morgan fingerprint density at radius 1 is 1.35 bits per heavy atom. The summed E-state index contributed by atoms with van der Waals surface area (Å²) < 4.78 is 11.0. The first-order valence-electron chi connectivity index (χ1n) is 6.88. The first-order chi connectivity index (χ1) is 9.36. The van der Waals surface area contributed by atoms with Gasteiger partial charge in [0, 0.05) is 6.92 Å². The first kappa shape index (κ1) is 17.3. The molecule has 1 aliphatic heterocycles. The fraction of sp³-hybridized carbons (Fsp3) is 0.923. The fourth-order valence-electron chi connectivity index (χ4n) is 2.03. The number of carbonyl (C=O) groups excluding carboxylic acids is 1. The molecule has 4 N–H and O–H groups in total. The van der Waals surface area contributed by atoms with E-state index < -0.39 is 37.3 Å². The molecular weight excluding hydrogens is 266 g/mol. The van der Waals surface area contributed by atoms with E-state index in [-0.39, 0.29) is 5.91 Å². The first-order valence-corrected chi connectivity index (χ1v) is 6.88. The molecule has 0 aromatic heterocycles. The molecule has 0 aromatic carbocycles. The number of carbonyl (C=O) groups is 1. The van der Waals surface area contributed by atoms with Gasteiger partial charge in [0.2, 0.25) is 5.91 Å². The largest absolute Gasteiger partial charge is 0.394 e. The Balaban J connectivity index is 2.70. The maximum absolute atomic E-state index is 11.2. The van der Waals surface area contributed by atoms with E-state index in [0.29, 0.717) is 12.5 Å². The van der Waals surface area contributed by atoms with Gasteiger partial charge < -0.3 is 30.1 Å². The highest BCUT2D eigenvalue weighted by Gasteiger charge is 2.45. The number of hydrogen-bond donors (Lipinski definition) is 4. The summed E-state index contributed by atoms with van der Waals surface area (Å²) in [6.07, 6.45) is -3.56. The molecule has 0 spiro atoms. The van der Waals surface area contributed by atoms with Crippen molar-refractivity contribution >= 4 is 5.91 Å². The number of nitrogens with one attached hydrogen (secondary N) is 1. The smallest absolute Gasteiger partial charge is 0.217 e. The van der Waals surface area contributed by atoms with Gasteiger partial charge in [-0.3, -0.25) is 4.79 Å². The number of ether oxygens (including phenoxy) is 2. The summed E-state index contributed by atoms with van der Waals surface area (Å²) in [5, 5.41) is 31.5. The molecule has 1 aliphatic rings. The summed E-state index contributed by atoms with van der Waals surface area (Å²) in [5.41, 5.74) is 0. The molecule has 20 heavy (non-hydrogen) atoms. The minimum Gasteiger partial charge on any atom is -0.394 e. The normalized spacial score (nSPS) is 34.2. The Hall–Kier alpha value is -0.730. The van der Waals surface area contributed by atoms with Gasteiger partial charge in [-0.15, -0.1) is 0 Å². The van der Waals surface area contributed by atoms with Gasteiger partial charge in [0.1, 0.15) is 24.4 Å². The summed E-state index contributed by atoms with van der Waals surface area (Å²) in [6, 6.07) is -0.863. The molecule has 1 heterocycles. The Bertz CT molecular complexity index is 311. The molecule has 7 nitrogen and oxygen atoms in total. The van der Waals surface area contributed by atoms with Crippen molar-refractivity contribution in [1.82, 2.24) is 5.32 Å². The van der Waals surface area contributed by atoms with Crippen LogP contribution in [0, 0.1) is 5.92 Å². The highest BCUT2D eigenvalue weighted by molar-refractivity contribution is 5.73. The van der Waals surface area contributed by atoms with Crippen LogP contribution in [0.25, 0.3) is 0 Å². The van der Waals surface area contributed by atoms with Crippen LogP contribution in [0.4, 0.5) is 0 Å². The Labute approximate surface area is 118 Å². The zero-order valence-corrected chi connectivity index (χ0v) is 12.2. The van der Waals surface area contributed by atoms with Gasteiger partial charge in [-0.05, 0) is 12.3 Å². The molecule has 1 rings (SSSR count). The minimum absolute atomic E-state index is 0.357. The Morgan fingerprint density at radius 2 is 2.00 bits per heavy atom. The molecule has 118 valence electrons. The second-order valence-corrected chi connectivity index (χ2v) is 5.49. The zero-order chi connectivity index (χ0) is 15.3. The lowest BCUT2D eigenvalue weighted by Crippen LogP contribution is -2.64. The van der Waals surface area contributed by atoms with Gasteiger partial charge in [0.25, 0.3) is 0 Å². The quantitative estimate of drug-likeness (QED) is 0.499. The van der Waals surface area contributed by atoms with Crippen molar-refractivity contribution in [2.75, 3.05) is 13.2 Å². The lowest BCUT2D eigenvalue weighted by Gasteiger charge is -2.42. The van der Waals surface area contributed by atoms with Crippen LogP contribution >= 0.6 is 0 Å². The van der Waals surface area contributed by atoms with Crippen molar-refractivity contribution in [1.29, 1.82) is 0 Å². The van der Waals surface area contributed by atoms with Crippen molar-refractivity contribution in [3.8, 4) is 0 Å². The van der Waals surface area contributed by atoms with E-state index >= 15 is 0 Å². The van der Waals surface area contributed by atoms with Crippen molar-refractivity contribution in [3.63, 3.8) is 0 Å². The summed E-state index contributed by atoms with van der Waals surface area (Å²) in [5.74, 6) is 0.0896. The molecule has 0 unspecified atom stereocenters. The number of aliphatic hydroxyl groups is 3.